The maximum absolute atomic E-state index is 11.1. The molecular weight excluding hydrogens is 252 g/mol. The smallest absolute Gasteiger partial charge is 0.330 e. The van der Waals surface area contributed by atoms with E-state index in [4.69, 9.17) is 0 Å². The van der Waals surface area contributed by atoms with Gasteiger partial charge in [-0.1, -0.05) is 24.1 Å². The van der Waals surface area contributed by atoms with Crippen LogP contribution in [0.1, 0.15) is 60.3 Å². The summed E-state index contributed by atoms with van der Waals surface area (Å²) < 4.78 is 4.59. The molecule has 0 heterocycles. The summed E-state index contributed by atoms with van der Waals surface area (Å²) in [5.74, 6) is -0.00555. The Balaban J connectivity index is 4.09. The highest BCUT2D eigenvalue weighted by Gasteiger charge is 2.21. The van der Waals surface area contributed by atoms with Gasteiger partial charge in [0.25, 0.3) is 0 Å². The molecule has 0 bridgehead atoms. The maximum atomic E-state index is 11.1. The average molecular weight is 282 g/mol. The van der Waals surface area contributed by atoms with E-state index in [0.29, 0.717) is 0 Å². The fourth-order valence-electron chi connectivity index (χ4n) is 1.78. The summed E-state index contributed by atoms with van der Waals surface area (Å²) in [6, 6.07) is 0. The molecule has 0 aromatic carbocycles. The molecule has 3 nitrogen and oxygen atoms in total. The summed E-state index contributed by atoms with van der Waals surface area (Å²) in [6.07, 6.45) is 7.55. The maximum Gasteiger partial charge on any atom is 0.330 e. The van der Waals surface area contributed by atoms with Gasteiger partial charge in [-0.3, -0.25) is 0 Å². The fourth-order valence-corrected chi connectivity index (χ4v) is 1.78. The number of allylic oxidation sites excluding steroid dienone is 3. The minimum Gasteiger partial charge on any atom is -0.466 e. The van der Waals surface area contributed by atoms with Crippen LogP contribution in [0.2, 0.25) is 0 Å². The van der Waals surface area contributed by atoms with Gasteiger partial charge < -0.3 is 9.84 Å². The van der Waals surface area contributed by atoms with E-state index in [9.17, 15) is 9.90 Å². The molecule has 0 radical (unpaired) electrons. The van der Waals surface area contributed by atoms with E-state index < -0.39 is 5.60 Å². The Labute approximate surface area is 123 Å². The van der Waals surface area contributed by atoms with Gasteiger partial charge in [0.2, 0.25) is 0 Å². The SMILES string of the molecule is COC(=O)C=C(C)CCC=C(C)CCC(C)C(C)(C)O. The second kappa shape index (κ2) is 8.96. The number of hydrogen-bond donors (Lipinski definition) is 1. The third-order valence-electron chi connectivity index (χ3n) is 3.77. The van der Waals surface area contributed by atoms with Crippen LogP contribution in [-0.4, -0.2) is 23.8 Å². The van der Waals surface area contributed by atoms with Gasteiger partial charge in [-0.2, -0.15) is 0 Å². The zero-order chi connectivity index (χ0) is 15.8. The van der Waals surface area contributed by atoms with Crippen molar-refractivity contribution in [3.05, 3.63) is 23.3 Å². The van der Waals surface area contributed by atoms with Crippen molar-refractivity contribution in [1.82, 2.24) is 0 Å². The molecule has 3 heteroatoms. The van der Waals surface area contributed by atoms with Crippen molar-refractivity contribution in [1.29, 1.82) is 0 Å². The molecular formula is C17H30O3. The molecule has 0 spiro atoms. The summed E-state index contributed by atoms with van der Waals surface area (Å²) in [4.78, 5) is 11.1. The molecule has 116 valence electrons. The molecule has 1 N–H and O–H groups in total. The zero-order valence-corrected chi connectivity index (χ0v) is 13.8. The summed E-state index contributed by atoms with van der Waals surface area (Å²) in [6.45, 7) is 9.86. The van der Waals surface area contributed by atoms with Crippen molar-refractivity contribution in [3.8, 4) is 0 Å². The fraction of sp³-hybridized carbons (Fsp3) is 0.706. The molecule has 0 amide bonds. The van der Waals surface area contributed by atoms with Crippen LogP contribution in [0, 0.1) is 5.92 Å². The Morgan fingerprint density at radius 1 is 1.25 bits per heavy atom. The summed E-state index contributed by atoms with van der Waals surface area (Å²) in [7, 11) is 1.39. The molecule has 0 aromatic heterocycles. The van der Waals surface area contributed by atoms with E-state index in [-0.39, 0.29) is 11.9 Å². The topological polar surface area (TPSA) is 46.5 Å². The molecule has 0 saturated carbocycles. The van der Waals surface area contributed by atoms with Crippen LogP contribution in [-0.2, 0) is 9.53 Å². The number of rotatable bonds is 8. The van der Waals surface area contributed by atoms with Gasteiger partial charge in [0, 0.05) is 6.08 Å². The van der Waals surface area contributed by atoms with Gasteiger partial charge in [0.1, 0.15) is 0 Å². The molecule has 0 fully saturated rings. The molecule has 0 aliphatic carbocycles. The van der Waals surface area contributed by atoms with Gasteiger partial charge in [0.15, 0.2) is 0 Å². The highest BCUT2D eigenvalue weighted by Crippen LogP contribution is 2.23. The lowest BCUT2D eigenvalue weighted by Crippen LogP contribution is -2.28. The number of hydrogen-bond acceptors (Lipinski definition) is 3. The monoisotopic (exact) mass is 282 g/mol. The minimum atomic E-state index is -0.611. The summed E-state index contributed by atoms with van der Waals surface area (Å²) in [5, 5.41) is 9.88. The standard InChI is InChI=1S/C17H30O3/c1-13(10-11-15(3)17(4,5)19)8-7-9-14(2)12-16(18)20-6/h8,12,15,19H,7,9-11H2,1-6H3. The average Bonchev–Trinajstić information content (AvgIpc) is 2.34. The van der Waals surface area contributed by atoms with Gasteiger partial charge >= 0.3 is 5.97 Å². The van der Waals surface area contributed by atoms with Gasteiger partial charge in [-0.25, -0.2) is 4.79 Å². The molecule has 0 saturated heterocycles. The van der Waals surface area contributed by atoms with E-state index in [1.165, 1.54) is 12.7 Å². The Morgan fingerprint density at radius 2 is 1.85 bits per heavy atom. The first kappa shape index (κ1) is 18.9. The Kier molecular flexibility index (Phi) is 8.47. The first-order chi connectivity index (χ1) is 9.16. The molecule has 1 atom stereocenters. The number of ether oxygens (including phenoxy) is 1. The molecule has 1 unspecified atom stereocenters. The van der Waals surface area contributed by atoms with Crippen molar-refractivity contribution in [2.75, 3.05) is 7.11 Å². The lowest BCUT2D eigenvalue weighted by molar-refractivity contribution is -0.134. The number of methoxy groups -OCH3 is 1. The molecule has 20 heavy (non-hydrogen) atoms. The number of esters is 1. The molecule has 0 aromatic rings. The van der Waals surface area contributed by atoms with Gasteiger partial charge in [-0.05, 0) is 59.3 Å². The minimum absolute atomic E-state index is 0.284. The summed E-state index contributed by atoms with van der Waals surface area (Å²) in [5.41, 5.74) is 1.76. The highest BCUT2D eigenvalue weighted by molar-refractivity contribution is 5.82. The predicted molar refractivity (Wildman–Crippen MR) is 83.5 cm³/mol. The zero-order valence-electron chi connectivity index (χ0n) is 13.8. The van der Waals surface area contributed by atoms with E-state index in [1.54, 1.807) is 6.08 Å². The van der Waals surface area contributed by atoms with Crippen LogP contribution in [0.3, 0.4) is 0 Å². The number of carbonyl (C=O) groups is 1. The van der Waals surface area contributed by atoms with Crippen molar-refractivity contribution in [3.63, 3.8) is 0 Å². The van der Waals surface area contributed by atoms with E-state index in [2.05, 4.69) is 24.7 Å². The number of carbonyl (C=O) groups excluding carboxylic acids is 1. The van der Waals surface area contributed by atoms with Gasteiger partial charge in [-0.15, -0.1) is 0 Å². The third kappa shape index (κ3) is 8.92. The van der Waals surface area contributed by atoms with Crippen LogP contribution in [0.25, 0.3) is 0 Å². The van der Waals surface area contributed by atoms with Crippen molar-refractivity contribution >= 4 is 5.97 Å². The van der Waals surface area contributed by atoms with E-state index in [1.807, 2.05) is 20.8 Å². The second-order valence-corrected chi connectivity index (χ2v) is 6.20. The molecule has 0 aliphatic heterocycles. The lowest BCUT2D eigenvalue weighted by atomic mass is 9.87. The highest BCUT2D eigenvalue weighted by atomic mass is 16.5. The lowest BCUT2D eigenvalue weighted by Gasteiger charge is -2.25. The van der Waals surface area contributed by atoms with Crippen molar-refractivity contribution in [2.24, 2.45) is 5.92 Å². The Hall–Kier alpha value is -1.09. The van der Waals surface area contributed by atoms with Crippen LogP contribution in [0.15, 0.2) is 23.3 Å². The van der Waals surface area contributed by atoms with Crippen LogP contribution >= 0.6 is 0 Å². The van der Waals surface area contributed by atoms with Crippen molar-refractivity contribution < 1.29 is 14.6 Å². The molecule has 0 rings (SSSR count). The Morgan fingerprint density at radius 3 is 2.35 bits per heavy atom. The van der Waals surface area contributed by atoms with Crippen molar-refractivity contribution in [2.45, 2.75) is 65.9 Å². The quantitative estimate of drug-likeness (QED) is 0.415. The predicted octanol–water partition coefficient (Wildman–Crippen LogP) is 4.02. The van der Waals surface area contributed by atoms with Gasteiger partial charge in [0.05, 0.1) is 12.7 Å². The largest absolute Gasteiger partial charge is 0.466 e. The first-order valence-corrected chi connectivity index (χ1v) is 7.30. The Bertz CT molecular complexity index is 359. The third-order valence-corrected chi connectivity index (χ3v) is 3.77. The normalized spacial score (nSPS) is 15.2. The van der Waals surface area contributed by atoms with E-state index in [0.717, 1.165) is 31.3 Å². The first-order valence-electron chi connectivity index (χ1n) is 7.30. The number of aliphatic hydroxyl groups is 1. The van der Waals surface area contributed by atoms with Crippen LogP contribution in [0.4, 0.5) is 0 Å². The second-order valence-electron chi connectivity index (χ2n) is 6.20. The van der Waals surface area contributed by atoms with Crippen LogP contribution < -0.4 is 0 Å². The van der Waals surface area contributed by atoms with E-state index >= 15 is 0 Å². The van der Waals surface area contributed by atoms with Crippen LogP contribution in [0.5, 0.6) is 0 Å². The molecule has 0 aliphatic rings. The summed E-state index contributed by atoms with van der Waals surface area (Å²) >= 11 is 0.